The van der Waals surface area contributed by atoms with Gasteiger partial charge in [-0.05, 0) is 26.0 Å². The van der Waals surface area contributed by atoms with Crippen molar-refractivity contribution in [3.05, 3.63) is 39.7 Å². The minimum absolute atomic E-state index is 0.0814. The van der Waals surface area contributed by atoms with Crippen LogP contribution < -0.4 is 0 Å². The fourth-order valence-electron chi connectivity index (χ4n) is 1.74. The first-order valence-electron chi connectivity index (χ1n) is 6.12. The number of carbonyl (C=O) groups excluding carboxylic acids is 1. The van der Waals surface area contributed by atoms with Gasteiger partial charge < -0.3 is 9.64 Å². The van der Waals surface area contributed by atoms with Crippen molar-refractivity contribution in [2.75, 3.05) is 20.3 Å². The fourth-order valence-corrected chi connectivity index (χ4v) is 1.74. The molecule has 0 aliphatic rings. The molecular weight excluding hydrogens is 267 g/mol. The van der Waals surface area contributed by atoms with Gasteiger partial charge in [0.05, 0.1) is 11.5 Å². The molecule has 0 bridgehead atoms. The third-order valence-electron chi connectivity index (χ3n) is 2.81. The Kier molecular flexibility index (Phi) is 5.57. The third kappa shape index (κ3) is 3.74. The number of ether oxygens (including phenoxy) is 1. The van der Waals surface area contributed by atoms with Gasteiger partial charge in [0.1, 0.15) is 0 Å². The standard InChI is InChI=1S/C13H17FN2O4/c1-9(2)15(6-7-20-3)13(17)10-4-5-12(16(18)19)11(14)8-10/h4-5,8-9H,6-7H2,1-3H3. The number of nitro groups is 1. The first kappa shape index (κ1) is 16.0. The van der Waals surface area contributed by atoms with E-state index in [2.05, 4.69) is 0 Å². The van der Waals surface area contributed by atoms with E-state index in [0.29, 0.717) is 13.2 Å². The zero-order chi connectivity index (χ0) is 15.3. The van der Waals surface area contributed by atoms with Gasteiger partial charge in [0.2, 0.25) is 5.82 Å². The molecule has 20 heavy (non-hydrogen) atoms. The molecule has 6 nitrogen and oxygen atoms in total. The van der Waals surface area contributed by atoms with Crippen molar-refractivity contribution >= 4 is 11.6 Å². The maximum absolute atomic E-state index is 13.5. The van der Waals surface area contributed by atoms with Crippen molar-refractivity contribution in [1.82, 2.24) is 4.90 Å². The van der Waals surface area contributed by atoms with E-state index >= 15 is 0 Å². The number of hydrogen-bond acceptors (Lipinski definition) is 4. The summed E-state index contributed by atoms with van der Waals surface area (Å²) in [6, 6.07) is 3.06. The molecule has 0 spiro atoms. The van der Waals surface area contributed by atoms with E-state index in [1.54, 1.807) is 0 Å². The lowest BCUT2D eigenvalue weighted by Gasteiger charge is -2.26. The maximum Gasteiger partial charge on any atom is 0.304 e. The zero-order valence-corrected chi connectivity index (χ0v) is 11.6. The lowest BCUT2D eigenvalue weighted by molar-refractivity contribution is -0.387. The molecule has 0 aliphatic heterocycles. The summed E-state index contributed by atoms with van der Waals surface area (Å²) < 4.78 is 18.5. The number of rotatable bonds is 6. The van der Waals surface area contributed by atoms with Gasteiger partial charge in [-0.3, -0.25) is 14.9 Å². The smallest absolute Gasteiger partial charge is 0.304 e. The van der Waals surface area contributed by atoms with E-state index in [1.165, 1.54) is 18.1 Å². The minimum Gasteiger partial charge on any atom is -0.383 e. The summed E-state index contributed by atoms with van der Waals surface area (Å²) in [5, 5.41) is 10.5. The van der Waals surface area contributed by atoms with Crippen LogP contribution in [0.1, 0.15) is 24.2 Å². The molecule has 0 atom stereocenters. The highest BCUT2D eigenvalue weighted by Gasteiger charge is 2.22. The Bertz CT molecular complexity index is 505. The van der Waals surface area contributed by atoms with Crippen LogP contribution in [0.2, 0.25) is 0 Å². The van der Waals surface area contributed by atoms with Crippen molar-refractivity contribution in [2.24, 2.45) is 0 Å². The maximum atomic E-state index is 13.5. The van der Waals surface area contributed by atoms with Gasteiger partial charge >= 0.3 is 5.69 Å². The normalized spacial score (nSPS) is 10.7. The summed E-state index contributed by atoms with van der Waals surface area (Å²) in [6.07, 6.45) is 0. The molecule has 1 rings (SSSR count). The van der Waals surface area contributed by atoms with Gasteiger partial charge in [0.25, 0.3) is 5.91 Å². The molecule has 0 aromatic heterocycles. The molecular formula is C13H17FN2O4. The topological polar surface area (TPSA) is 72.7 Å². The predicted molar refractivity (Wildman–Crippen MR) is 71.1 cm³/mol. The van der Waals surface area contributed by atoms with Gasteiger partial charge in [-0.25, -0.2) is 0 Å². The number of nitrogens with zero attached hydrogens (tertiary/aromatic N) is 2. The second kappa shape index (κ2) is 6.95. The molecule has 0 aliphatic carbocycles. The fraction of sp³-hybridized carbons (Fsp3) is 0.462. The second-order valence-electron chi connectivity index (χ2n) is 4.51. The Hall–Kier alpha value is -2.02. The van der Waals surface area contributed by atoms with Crippen LogP contribution in [-0.4, -0.2) is 42.0 Å². The highest BCUT2D eigenvalue weighted by atomic mass is 19.1. The number of hydrogen-bond donors (Lipinski definition) is 0. The Morgan fingerprint density at radius 1 is 1.50 bits per heavy atom. The molecule has 1 amide bonds. The van der Waals surface area contributed by atoms with Gasteiger partial charge in [0.15, 0.2) is 0 Å². The highest BCUT2D eigenvalue weighted by Crippen LogP contribution is 2.19. The van der Waals surface area contributed by atoms with Crippen LogP contribution in [-0.2, 0) is 4.74 Å². The summed E-state index contributed by atoms with van der Waals surface area (Å²) in [7, 11) is 1.52. The molecule has 0 fully saturated rings. The Labute approximate surface area is 116 Å². The second-order valence-corrected chi connectivity index (χ2v) is 4.51. The summed E-state index contributed by atoms with van der Waals surface area (Å²) in [4.78, 5) is 23.5. The quantitative estimate of drug-likeness (QED) is 0.593. The van der Waals surface area contributed by atoms with Crippen LogP contribution in [0.15, 0.2) is 18.2 Å². The largest absolute Gasteiger partial charge is 0.383 e. The number of benzene rings is 1. The molecule has 0 N–H and O–H groups in total. The van der Waals surface area contributed by atoms with Crippen LogP contribution >= 0.6 is 0 Å². The molecule has 1 aromatic carbocycles. The zero-order valence-electron chi connectivity index (χ0n) is 11.6. The Morgan fingerprint density at radius 2 is 2.15 bits per heavy atom. The molecule has 0 radical (unpaired) electrons. The van der Waals surface area contributed by atoms with Crippen molar-refractivity contribution in [1.29, 1.82) is 0 Å². The van der Waals surface area contributed by atoms with Crippen molar-refractivity contribution in [3.8, 4) is 0 Å². The van der Waals surface area contributed by atoms with E-state index in [4.69, 9.17) is 4.74 Å². The van der Waals surface area contributed by atoms with E-state index in [1.807, 2.05) is 13.8 Å². The highest BCUT2D eigenvalue weighted by molar-refractivity contribution is 5.94. The van der Waals surface area contributed by atoms with Gasteiger partial charge in [-0.1, -0.05) is 0 Å². The summed E-state index contributed by atoms with van der Waals surface area (Å²) in [5.41, 5.74) is -0.563. The average Bonchev–Trinajstić information content (AvgIpc) is 2.37. The first-order valence-corrected chi connectivity index (χ1v) is 6.12. The number of halogens is 1. The monoisotopic (exact) mass is 284 g/mol. The lowest BCUT2D eigenvalue weighted by Crippen LogP contribution is -2.39. The summed E-state index contributed by atoms with van der Waals surface area (Å²) >= 11 is 0. The van der Waals surface area contributed by atoms with E-state index in [0.717, 1.165) is 12.1 Å². The van der Waals surface area contributed by atoms with Crippen LogP contribution in [0.3, 0.4) is 0 Å². The Morgan fingerprint density at radius 3 is 2.60 bits per heavy atom. The number of nitro benzene ring substituents is 1. The number of carbonyl (C=O) groups is 1. The molecule has 0 heterocycles. The SMILES string of the molecule is COCCN(C(=O)c1ccc([N+](=O)[O-])c(F)c1)C(C)C. The van der Waals surface area contributed by atoms with Crippen LogP contribution in [0, 0.1) is 15.9 Å². The van der Waals surface area contributed by atoms with Crippen molar-refractivity contribution in [3.63, 3.8) is 0 Å². The summed E-state index contributed by atoms with van der Waals surface area (Å²) in [6.45, 7) is 4.38. The van der Waals surface area contributed by atoms with Crippen LogP contribution in [0.5, 0.6) is 0 Å². The van der Waals surface area contributed by atoms with Gasteiger partial charge in [-0.15, -0.1) is 0 Å². The lowest BCUT2D eigenvalue weighted by atomic mass is 10.1. The van der Waals surface area contributed by atoms with Crippen molar-refractivity contribution < 1.29 is 18.8 Å². The van der Waals surface area contributed by atoms with E-state index in [-0.39, 0.29) is 17.5 Å². The Balaban J connectivity index is 3.00. The van der Waals surface area contributed by atoms with Crippen LogP contribution in [0.4, 0.5) is 10.1 Å². The molecule has 7 heteroatoms. The molecule has 0 saturated carbocycles. The minimum atomic E-state index is -1.02. The molecule has 1 aromatic rings. The number of amides is 1. The molecule has 0 saturated heterocycles. The number of methoxy groups -OCH3 is 1. The first-order chi connectivity index (χ1) is 9.38. The third-order valence-corrected chi connectivity index (χ3v) is 2.81. The molecule has 110 valence electrons. The van der Waals surface area contributed by atoms with Crippen molar-refractivity contribution in [2.45, 2.75) is 19.9 Å². The average molecular weight is 284 g/mol. The van der Waals surface area contributed by atoms with Gasteiger partial charge in [-0.2, -0.15) is 4.39 Å². The van der Waals surface area contributed by atoms with E-state index in [9.17, 15) is 19.3 Å². The van der Waals surface area contributed by atoms with E-state index < -0.39 is 16.4 Å². The van der Waals surface area contributed by atoms with Crippen LogP contribution in [0.25, 0.3) is 0 Å². The van der Waals surface area contributed by atoms with Gasteiger partial charge in [0, 0.05) is 31.3 Å². The summed E-state index contributed by atoms with van der Waals surface area (Å²) in [5.74, 6) is -1.40. The molecule has 0 unspecified atom stereocenters. The predicted octanol–water partition coefficient (Wildman–Crippen LogP) is 2.23.